The summed E-state index contributed by atoms with van der Waals surface area (Å²) >= 11 is 0. The number of rotatable bonds is 3. The summed E-state index contributed by atoms with van der Waals surface area (Å²) in [6.07, 6.45) is 3.97. The fraction of sp³-hybridized carbons (Fsp3) is 0.929. The van der Waals surface area contributed by atoms with Crippen molar-refractivity contribution in [3.63, 3.8) is 0 Å². The topological polar surface area (TPSA) is 43.8 Å². The van der Waals surface area contributed by atoms with Crippen molar-refractivity contribution in [1.29, 1.82) is 0 Å². The van der Waals surface area contributed by atoms with Crippen LogP contribution < -0.4 is 0 Å². The predicted octanol–water partition coefficient (Wildman–Crippen LogP) is 1.66. The highest BCUT2D eigenvalue weighted by atomic mass is 16.4. The maximum Gasteiger partial charge on any atom is 0.320 e. The van der Waals surface area contributed by atoms with Gasteiger partial charge in [-0.1, -0.05) is 20.3 Å². The molecule has 2 unspecified atom stereocenters. The van der Waals surface area contributed by atoms with E-state index in [1.54, 1.807) is 6.92 Å². The monoisotopic (exact) mass is 254 g/mol. The first-order valence-corrected chi connectivity index (χ1v) is 7.13. The minimum atomic E-state index is -0.704. The highest BCUT2D eigenvalue weighted by Gasteiger charge is 2.39. The Kier molecular flexibility index (Phi) is 3.97. The molecule has 1 N–H and O–H groups in total. The van der Waals surface area contributed by atoms with Gasteiger partial charge in [-0.2, -0.15) is 0 Å². The van der Waals surface area contributed by atoms with E-state index in [1.165, 1.54) is 19.3 Å². The molecule has 18 heavy (non-hydrogen) atoms. The molecule has 0 spiro atoms. The predicted molar refractivity (Wildman–Crippen MR) is 71.7 cm³/mol. The molecule has 2 atom stereocenters. The molecule has 0 aromatic heterocycles. The van der Waals surface area contributed by atoms with Gasteiger partial charge in [-0.25, -0.2) is 0 Å². The van der Waals surface area contributed by atoms with Crippen LogP contribution in [-0.2, 0) is 4.79 Å². The van der Waals surface area contributed by atoms with Crippen LogP contribution in [0.5, 0.6) is 0 Å². The van der Waals surface area contributed by atoms with Crippen molar-refractivity contribution in [3.05, 3.63) is 0 Å². The molecule has 0 amide bonds. The summed E-state index contributed by atoms with van der Waals surface area (Å²) in [6, 6.07) is 0.350. The van der Waals surface area contributed by atoms with E-state index in [-0.39, 0.29) is 6.04 Å². The number of carbonyl (C=O) groups is 1. The van der Waals surface area contributed by atoms with Gasteiger partial charge in [0.05, 0.1) is 0 Å². The Balaban J connectivity index is 1.89. The van der Waals surface area contributed by atoms with Crippen molar-refractivity contribution in [3.8, 4) is 0 Å². The van der Waals surface area contributed by atoms with Crippen molar-refractivity contribution in [2.75, 3.05) is 26.2 Å². The molecular weight excluding hydrogens is 228 g/mol. The smallest absolute Gasteiger partial charge is 0.320 e. The van der Waals surface area contributed by atoms with Gasteiger partial charge in [0.15, 0.2) is 0 Å². The van der Waals surface area contributed by atoms with E-state index >= 15 is 0 Å². The quantitative estimate of drug-likeness (QED) is 0.832. The molecule has 1 aliphatic carbocycles. The first-order chi connectivity index (χ1) is 8.42. The lowest BCUT2D eigenvalue weighted by atomic mass is 9.86. The standard InChI is InChI=1S/C14H26N2O2/c1-11(13(17)18)15-7-9-16(10-8-15)12-5-4-6-14(12,2)3/h11-12H,4-10H2,1-3H3,(H,17,18). The number of hydrogen-bond donors (Lipinski definition) is 1. The van der Waals surface area contributed by atoms with E-state index in [2.05, 4.69) is 23.6 Å². The van der Waals surface area contributed by atoms with E-state index in [4.69, 9.17) is 5.11 Å². The second-order valence-electron chi connectivity index (χ2n) is 6.48. The van der Waals surface area contributed by atoms with Crippen LogP contribution in [0.4, 0.5) is 0 Å². The molecule has 2 rings (SSSR count). The molecule has 104 valence electrons. The van der Waals surface area contributed by atoms with Gasteiger partial charge in [-0.05, 0) is 25.2 Å². The first-order valence-electron chi connectivity index (χ1n) is 7.13. The molecule has 2 fully saturated rings. The van der Waals surface area contributed by atoms with Gasteiger partial charge in [-0.15, -0.1) is 0 Å². The SMILES string of the molecule is CC(C(=O)O)N1CCN(C2CCCC2(C)C)CC1. The molecule has 1 heterocycles. The highest BCUT2D eigenvalue weighted by Crippen LogP contribution is 2.40. The Hall–Kier alpha value is -0.610. The first kappa shape index (κ1) is 13.8. The maximum atomic E-state index is 11.0. The van der Waals surface area contributed by atoms with Crippen LogP contribution in [0.3, 0.4) is 0 Å². The van der Waals surface area contributed by atoms with Crippen LogP contribution in [0, 0.1) is 5.41 Å². The zero-order chi connectivity index (χ0) is 13.3. The van der Waals surface area contributed by atoms with Crippen LogP contribution in [0.25, 0.3) is 0 Å². The largest absolute Gasteiger partial charge is 0.480 e. The number of carboxylic acids is 1. The van der Waals surface area contributed by atoms with Crippen LogP contribution in [-0.4, -0.2) is 59.1 Å². The Morgan fingerprint density at radius 2 is 1.89 bits per heavy atom. The van der Waals surface area contributed by atoms with Crippen molar-refractivity contribution >= 4 is 5.97 Å². The molecule has 0 aromatic rings. The molecule has 0 radical (unpaired) electrons. The summed E-state index contributed by atoms with van der Waals surface area (Å²) < 4.78 is 0. The van der Waals surface area contributed by atoms with Crippen LogP contribution in [0.1, 0.15) is 40.0 Å². The summed E-state index contributed by atoms with van der Waals surface area (Å²) in [5.41, 5.74) is 0.431. The third-order valence-corrected chi connectivity index (χ3v) is 4.90. The second-order valence-corrected chi connectivity index (χ2v) is 6.48. The van der Waals surface area contributed by atoms with Gasteiger partial charge in [0.1, 0.15) is 6.04 Å². The van der Waals surface area contributed by atoms with E-state index < -0.39 is 5.97 Å². The molecule has 1 saturated carbocycles. The van der Waals surface area contributed by atoms with Gasteiger partial charge >= 0.3 is 5.97 Å². The van der Waals surface area contributed by atoms with Crippen molar-refractivity contribution in [1.82, 2.24) is 9.80 Å². The fourth-order valence-electron chi connectivity index (χ4n) is 3.58. The summed E-state index contributed by atoms with van der Waals surface area (Å²) in [4.78, 5) is 15.6. The van der Waals surface area contributed by atoms with Crippen LogP contribution >= 0.6 is 0 Å². The normalized spacial score (nSPS) is 31.4. The summed E-state index contributed by atoms with van der Waals surface area (Å²) in [5, 5.41) is 9.04. The third-order valence-electron chi connectivity index (χ3n) is 4.90. The number of hydrogen-bond acceptors (Lipinski definition) is 3. The number of piperazine rings is 1. The van der Waals surface area contributed by atoms with Gasteiger partial charge in [-0.3, -0.25) is 14.6 Å². The molecule has 1 saturated heterocycles. The molecule has 0 aromatic carbocycles. The van der Waals surface area contributed by atoms with Gasteiger partial charge in [0, 0.05) is 32.2 Å². The fourth-order valence-corrected chi connectivity index (χ4v) is 3.58. The molecule has 4 heteroatoms. The lowest BCUT2D eigenvalue weighted by Crippen LogP contribution is -2.55. The van der Waals surface area contributed by atoms with Gasteiger partial charge in [0.2, 0.25) is 0 Å². The van der Waals surface area contributed by atoms with Gasteiger partial charge < -0.3 is 5.11 Å². The average molecular weight is 254 g/mol. The number of carboxylic acid groups (broad SMARTS) is 1. The minimum absolute atomic E-state index is 0.344. The van der Waals surface area contributed by atoms with Crippen LogP contribution in [0.2, 0.25) is 0 Å². The zero-order valence-electron chi connectivity index (χ0n) is 11.9. The lowest BCUT2D eigenvalue weighted by molar-refractivity contribution is -0.143. The Morgan fingerprint density at radius 3 is 2.33 bits per heavy atom. The zero-order valence-corrected chi connectivity index (χ0v) is 11.9. The maximum absolute atomic E-state index is 11.0. The number of nitrogens with zero attached hydrogens (tertiary/aromatic N) is 2. The minimum Gasteiger partial charge on any atom is -0.480 e. The van der Waals surface area contributed by atoms with Crippen molar-refractivity contribution in [2.45, 2.75) is 52.1 Å². The summed E-state index contributed by atoms with van der Waals surface area (Å²) in [7, 11) is 0. The summed E-state index contributed by atoms with van der Waals surface area (Å²) in [6.45, 7) is 10.4. The van der Waals surface area contributed by atoms with E-state index in [1.807, 2.05) is 0 Å². The van der Waals surface area contributed by atoms with E-state index in [9.17, 15) is 4.79 Å². The average Bonchev–Trinajstić information content (AvgIpc) is 2.68. The Labute approximate surface area is 110 Å². The highest BCUT2D eigenvalue weighted by molar-refractivity contribution is 5.72. The van der Waals surface area contributed by atoms with E-state index in [0.717, 1.165) is 26.2 Å². The molecule has 0 bridgehead atoms. The molecule has 4 nitrogen and oxygen atoms in total. The Morgan fingerprint density at radius 1 is 1.28 bits per heavy atom. The third kappa shape index (κ3) is 2.69. The van der Waals surface area contributed by atoms with Crippen LogP contribution in [0.15, 0.2) is 0 Å². The Bertz CT molecular complexity index is 309. The van der Waals surface area contributed by atoms with Crippen molar-refractivity contribution in [2.24, 2.45) is 5.41 Å². The van der Waals surface area contributed by atoms with E-state index in [0.29, 0.717) is 11.5 Å². The molecule has 2 aliphatic rings. The molecule has 1 aliphatic heterocycles. The summed E-state index contributed by atoms with van der Waals surface area (Å²) in [5.74, 6) is -0.704. The van der Waals surface area contributed by atoms with Gasteiger partial charge in [0.25, 0.3) is 0 Å². The second kappa shape index (κ2) is 5.17. The van der Waals surface area contributed by atoms with Crippen molar-refractivity contribution < 1.29 is 9.90 Å². The number of aliphatic carboxylic acids is 1. The lowest BCUT2D eigenvalue weighted by Gasteiger charge is -2.43. The molecular formula is C14H26N2O2.